The molecule has 1 N–H and O–H groups in total. The number of amides is 1. The van der Waals surface area contributed by atoms with Crippen LogP contribution in [0.2, 0.25) is 0 Å². The van der Waals surface area contributed by atoms with Gasteiger partial charge in [0.05, 0.1) is 14.2 Å². The molecular formula is C19H25NO6. The maximum absolute atomic E-state index is 11.9. The standard InChI is InChI=1S/C19H25NO6/c1-5-13(2)18(19(23)25-4)20-16(21)12-26-17(22)11-10-14-8-6-7-9-15(14)24-3/h6-11,13,18H,5,12H2,1-4H3,(H,20,21)/b11-10+/t13-,18+/m1/s1. The second-order valence-electron chi connectivity index (χ2n) is 5.64. The van der Waals surface area contributed by atoms with Crippen molar-refractivity contribution in [2.24, 2.45) is 5.92 Å². The van der Waals surface area contributed by atoms with E-state index in [0.29, 0.717) is 17.7 Å². The second-order valence-corrected chi connectivity index (χ2v) is 5.64. The van der Waals surface area contributed by atoms with E-state index in [2.05, 4.69) is 10.1 Å². The van der Waals surface area contributed by atoms with E-state index in [9.17, 15) is 14.4 Å². The van der Waals surface area contributed by atoms with Crippen LogP contribution in [-0.4, -0.2) is 44.7 Å². The maximum Gasteiger partial charge on any atom is 0.331 e. The highest BCUT2D eigenvalue weighted by Crippen LogP contribution is 2.18. The van der Waals surface area contributed by atoms with Gasteiger partial charge in [-0.2, -0.15) is 0 Å². The Labute approximate surface area is 153 Å². The van der Waals surface area contributed by atoms with Gasteiger partial charge in [-0.3, -0.25) is 4.79 Å². The first-order chi connectivity index (χ1) is 12.4. The molecular weight excluding hydrogens is 338 g/mol. The number of ether oxygens (including phenoxy) is 3. The maximum atomic E-state index is 11.9. The Morgan fingerprint density at radius 2 is 1.88 bits per heavy atom. The Balaban J connectivity index is 2.56. The summed E-state index contributed by atoms with van der Waals surface area (Å²) in [6.07, 6.45) is 3.43. The summed E-state index contributed by atoms with van der Waals surface area (Å²) in [5.74, 6) is -1.27. The average molecular weight is 363 g/mol. The lowest BCUT2D eigenvalue weighted by Gasteiger charge is -2.21. The number of para-hydroxylation sites is 1. The van der Waals surface area contributed by atoms with E-state index in [1.54, 1.807) is 12.1 Å². The molecule has 26 heavy (non-hydrogen) atoms. The first kappa shape index (κ1) is 21.2. The first-order valence-electron chi connectivity index (χ1n) is 8.27. The molecule has 1 aromatic carbocycles. The summed E-state index contributed by atoms with van der Waals surface area (Å²) in [6, 6.07) is 6.39. The van der Waals surface area contributed by atoms with E-state index < -0.39 is 30.5 Å². The minimum absolute atomic E-state index is 0.104. The number of hydrogen-bond donors (Lipinski definition) is 1. The van der Waals surface area contributed by atoms with Crippen molar-refractivity contribution >= 4 is 23.9 Å². The highest BCUT2D eigenvalue weighted by Gasteiger charge is 2.26. The van der Waals surface area contributed by atoms with Gasteiger partial charge in [0.15, 0.2) is 6.61 Å². The van der Waals surface area contributed by atoms with Crippen LogP contribution in [0.3, 0.4) is 0 Å². The molecule has 0 fully saturated rings. The van der Waals surface area contributed by atoms with Crippen molar-refractivity contribution in [1.29, 1.82) is 0 Å². The van der Waals surface area contributed by atoms with Crippen molar-refractivity contribution in [3.8, 4) is 5.75 Å². The predicted molar refractivity (Wildman–Crippen MR) is 96.4 cm³/mol. The van der Waals surface area contributed by atoms with Gasteiger partial charge in [-0.1, -0.05) is 38.5 Å². The summed E-state index contributed by atoms with van der Waals surface area (Å²) < 4.78 is 14.8. The van der Waals surface area contributed by atoms with Crippen molar-refractivity contribution in [2.75, 3.05) is 20.8 Å². The number of carbonyl (C=O) groups is 3. The third-order valence-corrected chi connectivity index (χ3v) is 3.87. The molecule has 1 aromatic rings. The molecule has 1 amide bonds. The molecule has 0 radical (unpaired) electrons. The summed E-state index contributed by atoms with van der Waals surface area (Å²) in [7, 11) is 2.79. The van der Waals surface area contributed by atoms with Gasteiger partial charge < -0.3 is 19.5 Å². The van der Waals surface area contributed by atoms with Crippen LogP contribution >= 0.6 is 0 Å². The molecule has 0 saturated heterocycles. The molecule has 0 saturated carbocycles. The third kappa shape index (κ3) is 6.58. The van der Waals surface area contributed by atoms with Crippen LogP contribution in [0.4, 0.5) is 0 Å². The molecule has 142 valence electrons. The van der Waals surface area contributed by atoms with Gasteiger partial charge in [0, 0.05) is 11.6 Å². The average Bonchev–Trinajstić information content (AvgIpc) is 2.67. The summed E-state index contributed by atoms with van der Waals surface area (Å²) >= 11 is 0. The van der Waals surface area contributed by atoms with E-state index in [0.717, 1.165) is 0 Å². The smallest absolute Gasteiger partial charge is 0.331 e. The van der Waals surface area contributed by atoms with Gasteiger partial charge >= 0.3 is 11.9 Å². The van der Waals surface area contributed by atoms with Crippen LogP contribution in [-0.2, 0) is 23.9 Å². The van der Waals surface area contributed by atoms with E-state index in [1.165, 1.54) is 26.4 Å². The van der Waals surface area contributed by atoms with Crippen molar-refractivity contribution in [3.63, 3.8) is 0 Å². The zero-order chi connectivity index (χ0) is 19.5. The Kier molecular flexibility index (Phi) is 8.91. The van der Waals surface area contributed by atoms with E-state index in [1.807, 2.05) is 26.0 Å². The summed E-state index contributed by atoms with van der Waals surface area (Å²) in [6.45, 7) is 3.23. The highest BCUT2D eigenvalue weighted by atomic mass is 16.5. The summed E-state index contributed by atoms with van der Waals surface area (Å²) in [5.41, 5.74) is 0.707. The van der Waals surface area contributed by atoms with E-state index in [4.69, 9.17) is 9.47 Å². The van der Waals surface area contributed by atoms with Crippen LogP contribution in [0.1, 0.15) is 25.8 Å². The van der Waals surface area contributed by atoms with Gasteiger partial charge in [0.1, 0.15) is 11.8 Å². The molecule has 7 nitrogen and oxygen atoms in total. The molecule has 1 rings (SSSR count). The lowest BCUT2D eigenvalue weighted by Crippen LogP contribution is -2.47. The van der Waals surface area contributed by atoms with Gasteiger partial charge in [0.25, 0.3) is 5.91 Å². The van der Waals surface area contributed by atoms with E-state index >= 15 is 0 Å². The quantitative estimate of drug-likeness (QED) is 0.533. The number of nitrogens with one attached hydrogen (secondary N) is 1. The van der Waals surface area contributed by atoms with Gasteiger partial charge in [-0.25, -0.2) is 9.59 Å². The lowest BCUT2D eigenvalue weighted by molar-refractivity contribution is -0.148. The minimum atomic E-state index is -0.777. The highest BCUT2D eigenvalue weighted by molar-refractivity contribution is 5.90. The third-order valence-electron chi connectivity index (χ3n) is 3.87. The van der Waals surface area contributed by atoms with Crippen molar-refractivity contribution in [1.82, 2.24) is 5.32 Å². The minimum Gasteiger partial charge on any atom is -0.496 e. The first-order valence-corrected chi connectivity index (χ1v) is 8.27. The van der Waals surface area contributed by atoms with Gasteiger partial charge in [-0.05, 0) is 18.1 Å². The van der Waals surface area contributed by atoms with Crippen molar-refractivity contribution < 1.29 is 28.6 Å². The number of carbonyl (C=O) groups excluding carboxylic acids is 3. The van der Waals surface area contributed by atoms with Crippen LogP contribution in [0.25, 0.3) is 6.08 Å². The zero-order valence-electron chi connectivity index (χ0n) is 15.5. The number of benzene rings is 1. The van der Waals surface area contributed by atoms with Crippen LogP contribution < -0.4 is 10.1 Å². The molecule has 0 aliphatic rings. The zero-order valence-corrected chi connectivity index (χ0v) is 15.5. The molecule has 0 aliphatic heterocycles. The van der Waals surface area contributed by atoms with Crippen molar-refractivity contribution in [3.05, 3.63) is 35.9 Å². The fraction of sp³-hybridized carbons (Fsp3) is 0.421. The predicted octanol–water partition coefficient (Wildman–Crippen LogP) is 1.96. The Morgan fingerprint density at radius 1 is 1.19 bits per heavy atom. The number of rotatable bonds is 9. The van der Waals surface area contributed by atoms with Gasteiger partial charge in [0.2, 0.25) is 0 Å². The molecule has 0 aliphatic carbocycles. The molecule has 0 heterocycles. The molecule has 2 atom stereocenters. The van der Waals surface area contributed by atoms with Crippen LogP contribution in [0.5, 0.6) is 5.75 Å². The molecule has 0 bridgehead atoms. The lowest BCUT2D eigenvalue weighted by atomic mass is 9.99. The van der Waals surface area contributed by atoms with Crippen LogP contribution in [0.15, 0.2) is 30.3 Å². The Hall–Kier alpha value is -2.83. The molecule has 7 heteroatoms. The summed E-state index contributed by atoms with van der Waals surface area (Å²) in [4.78, 5) is 35.4. The molecule has 0 unspecified atom stereocenters. The Bertz CT molecular complexity index is 655. The fourth-order valence-electron chi connectivity index (χ4n) is 2.16. The number of methoxy groups -OCH3 is 2. The SMILES string of the molecule is CC[C@@H](C)[C@H](NC(=O)COC(=O)/C=C/c1ccccc1OC)C(=O)OC. The normalized spacial score (nSPS) is 12.9. The van der Waals surface area contributed by atoms with Gasteiger partial charge in [-0.15, -0.1) is 0 Å². The molecule has 0 spiro atoms. The van der Waals surface area contributed by atoms with Crippen LogP contribution in [0, 0.1) is 5.92 Å². The van der Waals surface area contributed by atoms with E-state index in [-0.39, 0.29) is 5.92 Å². The number of esters is 2. The monoisotopic (exact) mass is 363 g/mol. The number of hydrogen-bond acceptors (Lipinski definition) is 6. The summed E-state index contributed by atoms with van der Waals surface area (Å²) in [5, 5.41) is 2.53. The molecule has 0 aromatic heterocycles. The largest absolute Gasteiger partial charge is 0.496 e. The Morgan fingerprint density at radius 3 is 2.50 bits per heavy atom. The topological polar surface area (TPSA) is 90.9 Å². The fourth-order valence-corrected chi connectivity index (χ4v) is 2.16. The second kappa shape index (κ2) is 10.9. The van der Waals surface area contributed by atoms with Crippen molar-refractivity contribution in [2.45, 2.75) is 26.3 Å².